The predicted molar refractivity (Wildman–Crippen MR) is 153 cm³/mol. The van der Waals surface area contributed by atoms with Crippen molar-refractivity contribution >= 4 is 33.4 Å². The molecule has 2 amide bonds. The molecule has 2 aromatic heterocycles. The molecule has 0 saturated heterocycles. The van der Waals surface area contributed by atoms with Gasteiger partial charge < -0.3 is 10.2 Å². The molecule has 12 heteroatoms. The molecule has 1 aliphatic heterocycles. The average Bonchev–Trinajstić information content (AvgIpc) is 3.70. The van der Waals surface area contributed by atoms with E-state index < -0.39 is 23.7 Å². The number of amides is 2. The Balaban J connectivity index is 1.46. The van der Waals surface area contributed by atoms with Crippen LogP contribution < -0.4 is 10.9 Å². The molecule has 2 aromatic carbocycles. The van der Waals surface area contributed by atoms with Crippen molar-refractivity contribution in [2.24, 2.45) is 5.92 Å². The topological polar surface area (TPSA) is 88.7 Å². The van der Waals surface area contributed by atoms with Crippen LogP contribution in [0.1, 0.15) is 62.9 Å². The Morgan fingerprint density at radius 3 is 2.43 bits per heavy atom. The molecule has 0 bridgehead atoms. The van der Waals surface area contributed by atoms with Gasteiger partial charge >= 0.3 is 6.18 Å². The van der Waals surface area contributed by atoms with Crippen LogP contribution in [0.2, 0.25) is 0 Å². The highest BCUT2D eigenvalue weighted by molar-refractivity contribution is 9.10. The van der Waals surface area contributed by atoms with Gasteiger partial charge in [0.2, 0.25) is 0 Å². The van der Waals surface area contributed by atoms with Crippen molar-refractivity contribution in [1.82, 2.24) is 24.4 Å². The van der Waals surface area contributed by atoms with Crippen molar-refractivity contribution in [3.8, 4) is 5.69 Å². The first-order valence-corrected chi connectivity index (χ1v) is 14.4. The lowest BCUT2D eigenvalue weighted by Gasteiger charge is -2.35. The number of hydrogen-bond acceptors (Lipinski definition) is 4. The maximum absolute atomic E-state index is 14.1. The van der Waals surface area contributed by atoms with Gasteiger partial charge in [0, 0.05) is 39.8 Å². The van der Waals surface area contributed by atoms with Gasteiger partial charge in [-0.15, -0.1) is 0 Å². The van der Waals surface area contributed by atoms with Crippen LogP contribution in [-0.2, 0) is 25.6 Å². The van der Waals surface area contributed by atoms with Gasteiger partial charge in [-0.2, -0.15) is 18.3 Å². The summed E-state index contributed by atoms with van der Waals surface area (Å²) in [6.45, 7) is 1.79. The highest BCUT2D eigenvalue weighted by atomic mass is 79.9. The summed E-state index contributed by atoms with van der Waals surface area (Å²) in [5, 5.41) is 7.24. The summed E-state index contributed by atoms with van der Waals surface area (Å²) in [5.41, 5.74) is 2.29. The fourth-order valence-corrected chi connectivity index (χ4v) is 6.09. The van der Waals surface area contributed by atoms with E-state index in [4.69, 9.17) is 0 Å². The number of alkyl halides is 3. The second kappa shape index (κ2) is 10.4. The van der Waals surface area contributed by atoms with Gasteiger partial charge in [-0.05, 0) is 81.0 Å². The molecule has 1 fully saturated rings. The molecule has 4 aromatic rings. The lowest BCUT2D eigenvalue weighted by molar-refractivity contribution is -0.138. The monoisotopic (exact) mass is 641 g/mol. The quantitative estimate of drug-likeness (QED) is 0.326. The van der Waals surface area contributed by atoms with Crippen LogP contribution in [0.25, 0.3) is 11.3 Å². The number of aromatic nitrogens is 3. The van der Waals surface area contributed by atoms with Gasteiger partial charge in [-0.3, -0.25) is 19.0 Å². The van der Waals surface area contributed by atoms with E-state index in [0.717, 1.165) is 30.9 Å². The smallest absolute Gasteiger partial charge is 0.355 e. The zero-order valence-corrected chi connectivity index (χ0v) is 24.4. The highest BCUT2D eigenvalue weighted by Crippen LogP contribution is 2.37. The third-order valence-electron chi connectivity index (χ3n) is 8.05. The molecule has 218 valence electrons. The molecule has 1 unspecified atom stereocenters. The number of halogens is 4. The number of carbonyl (C=O) groups excluding carboxylic acids is 2. The summed E-state index contributed by atoms with van der Waals surface area (Å²) in [7, 11) is 1.55. The number of hydrogen-bond donors (Lipinski definition) is 1. The van der Waals surface area contributed by atoms with Gasteiger partial charge in [0.25, 0.3) is 17.4 Å². The van der Waals surface area contributed by atoms with Crippen LogP contribution in [0, 0.1) is 5.92 Å². The molecule has 3 heterocycles. The van der Waals surface area contributed by atoms with E-state index in [1.807, 2.05) is 0 Å². The minimum absolute atomic E-state index is 0.0134. The first-order valence-electron chi connectivity index (χ1n) is 13.6. The Kier molecular flexibility index (Phi) is 6.99. The van der Waals surface area contributed by atoms with Crippen molar-refractivity contribution < 1.29 is 22.8 Å². The van der Waals surface area contributed by atoms with Crippen molar-refractivity contribution in [3.05, 3.63) is 97.0 Å². The van der Waals surface area contributed by atoms with Gasteiger partial charge in [-0.25, -0.2) is 4.52 Å². The Morgan fingerprint density at radius 2 is 1.79 bits per heavy atom. The summed E-state index contributed by atoms with van der Waals surface area (Å²) in [4.78, 5) is 41.3. The second-order valence-corrected chi connectivity index (χ2v) is 11.8. The molecule has 1 saturated carbocycles. The molecule has 1 aliphatic carbocycles. The van der Waals surface area contributed by atoms with E-state index in [1.165, 1.54) is 17.0 Å². The fraction of sp³-hybridized carbons (Fsp3) is 0.333. The Morgan fingerprint density at radius 1 is 1.10 bits per heavy atom. The molecule has 1 atom stereocenters. The Hall–Kier alpha value is -3.93. The molecular weight excluding hydrogens is 615 g/mol. The highest BCUT2D eigenvalue weighted by Gasteiger charge is 2.37. The van der Waals surface area contributed by atoms with Crippen molar-refractivity contribution in [2.45, 2.75) is 51.4 Å². The number of benzene rings is 2. The number of nitrogens with zero attached hydrogens (tertiary/aromatic N) is 4. The van der Waals surface area contributed by atoms with E-state index in [9.17, 15) is 27.6 Å². The molecule has 2 aliphatic rings. The molecule has 0 spiro atoms. The normalized spacial score (nSPS) is 16.9. The van der Waals surface area contributed by atoms with Crippen LogP contribution in [0.15, 0.2) is 57.9 Å². The summed E-state index contributed by atoms with van der Waals surface area (Å²) in [6.07, 6.45) is 0.263. The maximum Gasteiger partial charge on any atom is 0.417 e. The van der Waals surface area contributed by atoms with Crippen LogP contribution in [-0.4, -0.2) is 44.0 Å². The molecule has 6 rings (SSSR count). The van der Waals surface area contributed by atoms with Crippen LogP contribution in [0.4, 0.5) is 13.2 Å². The SMILES string of the molecule is CNC(=O)c1ccc(-n2c(=O)c3c(n4ncc(CC5CC5)c24)CN(C(=O)c2ccc(Br)c(C(F)(F)F)c2)C(C)C3)cc1. The van der Waals surface area contributed by atoms with Gasteiger partial charge in [0.1, 0.15) is 5.65 Å². The summed E-state index contributed by atoms with van der Waals surface area (Å²) < 4.78 is 43.8. The van der Waals surface area contributed by atoms with E-state index in [1.54, 1.807) is 53.5 Å². The van der Waals surface area contributed by atoms with E-state index in [2.05, 4.69) is 26.3 Å². The van der Waals surface area contributed by atoms with E-state index >= 15 is 0 Å². The first kappa shape index (κ1) is 28.2. The lowest BCUT2D eigenvalue weighted by atomic mass is 9.97. The van der Waals surface area contributed by atoms with E-state index in [0.29, 0.717) is 34.1 Å². The van der Waals surface area contributed by atoms with E-state index in [-0.39, 0.29) is 34.5 Å². The molecule has 1 N–H and O–H groups in total. The Labute approximate surface area is 247 Å². The standard InChI is InChI=1S/C30H27BrF3N5O3/c1-16-11-22-25(15-37(16)28(41)19-7-10-24(31)23(13-19)30(32,33)34)39-27(20(14-36-39)12-17-3-4-17)38(29(22)42)21-8-5-18(6-9-21)26(40)35-2/h5-10,13-14,16-17H,3-4,11-12,15H2,1-2H3,(H,35,40). The van der Waals surface area contributed by atoms with Crippen molar-refractivity contribution in [1.29, 1.82) is 0 Å². The minimum Gasteiger partial charge on any atom is -0.355 e. The fourth-order valence-electron chi connectivity index (χ4n) is 5.62. The summed E-state index contributed by atoms with van der Waals surface area (Å²) in [5.74, 6) is -0.292. The zero-order chi connectivity index (χ0) is 29.9. The van der Waals surface area contributed by atoms with Gasteiger partial charge in [-0.1, -0.05) is 15.9 Å². The maximum atomic E-state index is 14.1. The van der Waals surface area contributed by atoms with Crippen LogP contribution in [0.5, 0.6) is 0 Å². The average molecular weight is 642 g/mol. The molecule has 42 heavy (non-hydrogen) atoms. The zero-order valence-electron chi connectivity index (χ0n) is 22.8. The molecule has 8 nitrogen and oxygen atoms in total. The van der Waals surface area contributed by atoms with Crippen LogP contribution >= 0.6 is 15.9 Å². The van der Waals surface area contributed by atoms with Crippen LogP contribution in [0.3, 0.4) is 0 Å². The predicted octanol–water partition coefficient (Wildman–Crippen LogP) is 5.17. The summed E-state index contributed by atoms with van der Waals surface area (Å²) in [6, 6.07) is 9.74. The minimum atomic E-state index is -4.63. The first-order chi connectivity index (χ1) is 20.0. The molecule has 0 radical (unpaired) electrons. The second-order valence-electron chi connectivity index (χ2n) is 10.9. The Bertz CT molecular complexity index is 1790. The number of carbonyl (C=O) groups is 2. The van der Waals surface area contributed by atoms with Gasteiger partial charge in [0.05, 0.1) is 29.7 Å². The molecular formula is C30H27BrF3N5O3. The summed E-state index contributed by atoms with van der Waals surface area (Å²) >= 11 is 2.93. The van der Waals surface area contributed by atoms with Crippen molar-refractivity contribution in [2.75, 3.05) is 7.05 Å². The lowest BCUT2D eigenvalue weighted by Crippen LogP contribution is -2.46. The third kappa shape index (κ3) is 4.91. The third-order valence-corrected chi connectivity index (χ3v) is 8.74. The number of rotatable bonds is 5. The van der Waals surface area contributed by atoms with Crippen molar-refractivity contribution in [3.63, 3.8) is 0 Å². The van der Waals surface area contributed by atoms with Gasteiger partial charge in [0.15, 0.2) is 0 Å². The number of fused-ring (bicyclic) bond motifs is 3. The number of nitrogens with one attached hydrogen (secondary N) is 1. The largest absolute Gasteiger partial charge is 0.417 e.